The minimum Gasteiger partial charge on any atom is -0.475 e. The van der Waals surface area contributed by atoms with Crippen LogP contribution in [0.25, 0.3) is 0 Å². The molecule has 1 amide bonds. The average Bonchev–Trinajstić information content (AvgIpc) is 2.77. The summed E-state index contributed by atoms with van der Waals surface area (Å²) < 4.78 is 63.7. The van der Waals surface area contributed by atoms with Crippen molar-refractivity contribution in [2.75, 3.05) is 19.8 Å². The quantitative estimate of drug-likeness (QED) is 0.609. The van der Waals surface area contributed by atoms with E-state index in [1.54, 1.807) is 0 Å². The third kappa shape index (κ3) is 8.71. The smallest absolute Gasteiger partial charge is 0.475 e. The molecule has 1 heterocycles. The van der Waals surface area contributed by atoms with Gasteiger partial charge in [0.15, 0.2) is 11.6 Å². The van der Waals surface area contributed by atoms with Gasteiger partial charge in [0.2, 0.25) is 5.91 Å². The fourth-order valence-corrected chi connectivity index (χ4v) is 3.42. The van der Waals surface area contributed by atoms with Crippen LogP contribution in [0.2, 0.25) is 0 Å². The number of halogens is 5. The third-order valence-corrected chi connectivity index (χ3v) is 5.02. The van der Waals surface area contributed by atoms with E-state index in [2.05, 4.69) is 0 Å². The predicted molar refractivity (Wildman–Crippen MR) is 113 cm³/mol. The van der Waals surface area contributed by atoms with Gasteiger partial charge in [-0.25, -0.2) is 13.6 Å². The summed E-state index contributed by atoms with van der Waals surface area (Å²) in [5.41, 5.74) is 7.83. The molecule has 0 bridgehead atoms. The summed E-state index contributed by atoms with van der Waals surface area (Å²) in [5, 5.41) is 7.12. The zero-order chi connectivity index (χ0) is 25.3. The Morgan fingerprint density at radius 1 is 1.09 bits per heavy atom. The van der Waals surface area contributed by atoms with Crippen LogP contribution in [0.1, 0.15) is 17.5 Å². The van der Waals surface area contributed by atoms with E-state index in [9.17, 15) is 26.7 Å². The zero-order valence-electron chi connectivity index (χ0n) is 18.1. The SMILES string of the molecule is N[C@@H](CC(=O)N1CCOC[C@H]1Cc1ccccc1)Cc1ccc(F)c(F)c1.O=C(O)C(F)(F)F. The Bertz CT molecular complexity index is 956. The number of ether oxygens (including phenoxy) is 1. The lowest BCUT2D eigenvalue weighted by atomic mass is 10.0. The van der Waals surface area contributed by atoms with Crippen molar-refractivity contribution in [1.29, 1.82) is 0 Å². The molecule has 2 atom stereocenters. The number of hydrogen-bond donors (Lipinski definition) is 2. The number of aliphatic carboxylic acids is 1. The van der Waals surface area contributed by atoms with Gasteiger partial charge in [-0.3, -0.25) is 4.79 Å². The van der Waals surface area contributed by atoms with Crippen molar-refractivity contribution < 1.29 is 41.4 Å². The predicted octanol–water partition coefficient (Wildman–Crippen LogP) is 3.33. The number of carbonyl (C=O) groups is 2. The van der Waals surface area contributed by atoms with Crippen LogP contribution in [-0.4, -0.2) is 59.9 Å². The number of nitrogens with two attached hydrogens (primary N) is 1. The van der Waals surface area contributed by atoms with Gasteiger partial charge in [0.1, 0.15) is 0 Å². The highest BCUT2D eigenvalue weighted by molar-refractivity contribution is 5.77. The lowest BCUT2D eigenvalue weighted by Crippen LogP contribution is -2.51. The average molecular weight is 488 g/mol. The Balaban J connectivity index is 0.000000509. The van der Waals surface area contributed by atoms with Crippen LogP contribution >= 0.6 is 0 Å². The number of alkyl halides is 3. The summed E-state index contributed by atoms with van der Waals surface area (Å²) >= 11 is 0. The van der Waals surface area contributed by atoms with Crippen molar-refractivity contribution in [3.63, 3.8) is 0 Å². The summed E-state index contributed by atoms with van der Waals surface area (Å²) in [6.07, 6.45) is -3.88. The number of benzene rings is 2. The van der Waals surface area contributed by atoms with Crippen molar-refractivity contribution in [1.82, 2.24) is 4.90 Å². The molecular formula is C23H25F5N2O4. The van der Waals surface area contributed by atoms with Crippen LogP contribution in [0.15, 0.2) is 48.5 Å². The fraction of sp³-hybridized carbons (Fsp3) is 0.391. The molecule has 3 N–H and O–H groups in total. The fourth-order valence-electron chi connectivity index (χ4n) is 3.42. The maximum absolute atomic E-state index is 13.3. The van der Waals surface area contributed by atoms with E-state index < -0.39 is 29.8 Å². The topological polar surface area (TPSA) is 92.9 Å². The monoisotopic (exact) mass is 488 g/mol. The third-order valence-electron chi connectivity index (χ3n) is 5.02. The Hall–Kier alpha value is -3.05. The standard InChI is InChI=1S/C21H24F2N2O2.C2HF3O2/c22-19-7-6-16(12-20(19)23)10-17(24)13-21(26)25-8-9-27-14-18(25)11-15-4-2-1-3-5-15;3-2(4,5)1(6)7/h1-7,12,17-18H,8-11,13-14,24H2;(H,6,7)/t17-,18-;/m1./s1. The van der Waals surface area contributed by atoms with Gasteiger partial charge in [0, 0.05) is 19.0 Å². The largest absolute Gasteiger partial charge is 0.490 e. The first-order valence-electron chi connectivity index (χ1n) is 10.4. The van der Waals surface area contributed by atoms with E-state index in [1.165, 1.54) is 6.07 Å². The van der Waals surface area contributed by atoms with Gasteiger partial charge in [-0.15, -0.1) is 0 Å². The summed E-state index contributed by atoms with van der Waals surface area (Å²) in [5.74, 6) is -4.58. The number of amides is 1. The molecule has 186 valence electrons. The van der Waals surface area contributed by atoms with Crippen LogP contribution in [0.3, 0.4) is 0 Å². The second-order valence-electron chi connectivity index (χ2n) is 7.73. The number of nitrogens with zero attached hydrogens (tertiary/aromatic N) is 1. The summed E-state index contributed by atoms with van der Waals surface area (Å²) in [4.78, 5) is 23.5. The van der Waals surface area contributed by atoms with Crippen molar-refractivity contribution >= 4 is 11.9 Å². The van der Waals surface area contributed by atoms with Gasteiger partial charge in [0.05, 0.1) is 19.3 Å². The van der Waals surface area contributed by atoms with E-state index in [1.807, 2.05) is 35.2 Å². The Kier molecular flexibility index (Phi) is 9.94. The molecule has 2 aromatic rings. The highest BCUT2D eigenvalue weighted by atomic mass is 19.4. The molecule has 1 aliphatic rings. The van der Waals surface area contributed by atoms with E-state index in [4.69, 9.17) is 20.4 Å². The summed E-state index contributed by atoms with van der Waals surface area (Å²) in [6, 6.07) is 13.2. The van der Waals surface area contributed by atoms with E-state index in [0.717, 1.165) is 24.1 Å². The molecule has 0 aliphatic carbocycles. The Morgan fingerprint density at radius 3 is 2.32 bits per heavy atom. The Morgan fingerprint density at radius 2 is 1.74 bits per heavy atom. The molecule has 0 radical (unpaired) electrons. The molecule has 3 rings (SSSR count). The van der Waals surface area contributed by atoms with Gasteiger partial charge in [-0.05, 0) is 36.1 Å². The van der Waals surface area contributed by atoms with Crippen molar-refractivity contribution in [2.24, 2.45) is 5.73 Å². The minimum atomic E-state index is -5.08. The maximum Gasteiger partial charge on any atom is 0.490 e. The zero-order valence-corrected chi connectivity index (χ0v) is 18.1. The normalized spacial score (nSPS) is 16.9. The van der Waals surface area contributed by atoms with E-state index in [0.29, 0.717) is 31.7 Å². The molecule has 1 aliphatic heterocycles. The van der Waals surface area contributed by atoms with Gasteiger partial charge in [-0.2, -0.15) is 13.2 Å². The molecule has 2 aromatic carbocycles. The molecule has 0 saturated carbocycles. The minimum absolute atomic E-state index is 0.0240. The number of carbonyl (C=O) groups excluding carboxylic acids is 1. The van der Waals surface area contributed by atoms with Gasteiger partial charge in [-0.1, -0.05) is 36.4 Å². The van der Waals surface area contributed by atoms with Gasteiger partial charge in [0.25, 0.3) is 0 Å². The lowest BCUT2D eigenvalue weighted by Gasteiger charge is -2.36. The highest BCUT2D eigenvalue weighted by Crippen LogP contribution is 2.17. The summed E-state index contributed by atoms with van der Waals surface area (Å²) in [6.45, 7) is 1.54. The Labute approximate surface area is 193 Å². The maximum atomic E-state index is 13.3. The second-order valence-corrected chi connectivity index (χ2v) is 7.73. The van der Waals surface area contributed by atoms with Gasteiger partial charge >= 0.3 is 12.1 Å². The van der Waals surface area contributed by atoms with Crippen LogP contribution in [0.5, 0.6) is 0 Å². The summed E-state index contributed by atoms with van der Waals surface area (Å²) in [7, 11) is 0. The molecule has 34 heavy (non-hydrogen) atoms. The molecular weight excluding hydrogens is 463 g/mol. The number of morpholine rings is 1. The molecule has 1 saturated heterocycles. The number of carboxylic acids is 1. The lowest BCUT2D eigenvalue weighted by molar-refractivity contribution is -0.192. The molecule has 0 spiro atoms. The van der Waals surface area contributed by atoms with Crippen molar-refractivity contribution in [3.05, 3.63) is 71.3 Å². The van der Waals surface area contributed by atoms with Crippen LogP contribution in [0, 0.1) is 11.6 Å². The molecule has 1 fully saturated rings. The van der Waals surface area contributed by atoms with Crippen molar-refractivity contribution in [3.8, 4) is 0 Å². The second kappa shape index (κ2) is 12.4. The van der Waals surface area contributed by atoms with Crippen LogP contribution in [0.4, 0.5) is 22.0 Å². The highest BCUT2D eigenvalue weighted by Gasteiger charge is 2.38. The van der Waals surface area contributed by atoms with Gasteiger partial charge < -0.3 is 20.5 Å². The van der Waals surface area contributed by atoms with E-state index in [-0.39, 0.29) is 18.4 Å². The van der Waals surface area contributed by atoms with E-state index >= 15 is 0 Å². The van der Waals surface area contributed by atoms with Crippen molar-refractivity contribution in [2.45, 2.75) is 37.5 Å². The first-order valence-corrected chi connectivity index (χ1v) is 10.4. The number of hydrogen-bond acceptors (Lipinski definition) is 4. The molecule has 0 aromatic heterocycles. The first kappa shape index (κ1) is 27.2. The van der Waals surface area contributed by atoms with Crippen LogP contribution < -0.4 is 5.73 Å². The number of carboxylic acid groups (broad SMARTS) is 1. The molecule has 0 unspecified atom stereocenters. The van der Waals surface area contributed by atoms with Crippen LogP contribution in [-0.2, 0) is 27.2 Å². The molecule has 11 heteroatoms. The molecule has 6 nitrogen and oxygen atoms in total. The first-order chi connectivity index (χ1) is 16.0. The number of rotatable bonds is 6.